The highest BCUT2D eigenvalue weighted by Gasteiger charge is 2.10. The number of aromatic amines is 1. The van der Waals surface area contributed by atoms with E-state index in [-0.39, 0.29) is 12.3 Å². The monoisotopic (exact) mass is 296 g/mol. The molecule has 0 radical (unpaired) electrons. The quantitative estimate of drug-likeness (QED) is 0.758. The number of amides is 1. The Kier molecular flexibility index (Phi) is 4.00. The van der Waals surface area contributed by atoms with Gasteiger partial charge in [-0.3, -0.25) is 9.89 Å². The first-order valence-corrected chi connectivity index (χ1v) is 7.02. The number of benzene rings is 1. The molecule has 1 aromatic carbocycles. The molecule has 2 N–H and O–H groups in total. The van der Waals surface area contributed by atoms with E-state index in [2.05, 4.69) is 20.5 Å². The number of nitrogens with one attached hydrogen (secondary N) is 2. The predicted molar refractivity (Wildman–Crippen MR) is 83.8 cm³/mol. The molecular weight excluding hydrogens is 280 g/mol. The third-order valence-corrected chi connectivity index (χ3v) is 3.16. The van der Waals surface area contributed by atoms with Crippen molar-refractivity contribution in [3.63, 3.8) is 0 Å². The molecule has 0 atom stereocenters. The van der Waals surface area contributed by atoms with Crippen molar-refractivity contribution < 1.29 is 9.53 Å². The zero-order chi connectivity index (χ0) is 15.4. The maximum atomic E-state index is 11.9. The average molecular weight is 296 g/mol. The molecule has 0 bridgehead atoms. The maximum absolute atomic E-state index is 11.9. The van der Waals surface area contributed by atoms with Crippen molar-refractivity contribution in [1.29, 1.82) is 0 Å². The van der Waals surface area contributed by atoms with Crippen LogP contribution in [0.3, 0.4) is 0 Å². The Morgan fingerprint density at radius 3 is 2.86 bits per heavy atom. The number of para-hydroxylation sites is 1. The van der Waals surface area contributed by atoms with Crippen LogP contribution in [0.4, 0.5) is 5.82 Å². The van der Waals surface area contributed by atoms with E-state index in [9.17, 15) is 4.79 Å². The van der Waals surface area contributed by atoms with Gasteiger partial charge in [0.25, 0.3) is 0 Å². The Morgan fingerprint density at radius 2 is 2.05 bits per heavy atom. The first-order valence-electron chi connectivity index (χ1n) is 7.02. The molecule has 0 aliphatic heterocycles. The molecule has 0 saturated heterocycles. The Labute approximate surface area is 127 Å². The van der Waals surface area contributed by atoms with Gasteiger partial charge in [0, 0.05) is 5.69 Å². The van der Waals surface area contributed by atoms with E-state index in [1.54, 1.807) is 0 Å². The number of carbonyl (C=O) groups excluding carboxylic acids is 1. The number of hydrogen-bond donors (Lipinski definition) is 2. The highest BCUT2D eigenvalue weighted by molar-refractivity contribution is 5.98. The van der Waals surface area contributed by atoms with Crippen LogP contribution in [0.5, 0.6) is 5.75 Å². The minimum absolute atomic E-state index is 0.148. The Morgan fingerprint density at radius 1 is 1.23 bits per heavy atom. The van der Waals surface area contributed by atoms with Crippen LogP contribution in [0, 0.1) is 6.92 Å². The van der Waals surface area contributed by atoms with Crippen LogP contribution in [-0.2, 0) is 4.79 Å². The molecule has 2 aromatic heterocycles. The number of anilines is 1. The van der Waals surface area contributed by atoms with Gasteiger partial charge in [0.15, 0.2) is 11.5 Å². The van der Waals surface area contributed by atoms with Crippen molar-refractivity contribution in [1.82, 2.24) is 15.2 Å². The van der Waals surface area contributed by atoms with E-state index < -0.39 is 0 Å². The van der Waals surface area contributed by atoms with Gasteiger partial charge in [0.05, 0.1) is 18.4 Å². The minimum Gasteiger partial charge on any atom is -0.493 e. The van der Waals surface area contributed by atoms with Crippen molar-refractivity contribution in [2.24, 2.45) is 0 Å². The summed E-state index contributed by atoms with van der Waals surface area (Å²) in [6, 6.07) is 13.2. The second kappa shape index (κ2) is 6.26. The predicted octanol–water partition coefficient (Wildman–Crippen LogP) is 2.67. The smallest absolute Gasteiger partial charge is 0.229 e. The largest absolute Gasteiger partial charge is 0.493 e. The first kappa shape index (κ1) is 14.1. The van der Waals surface area contributed by atoms with Gasteiger partial charge in [0.2, 0.25) is 5.91 Å². The minimum atomic E-state index is -0.148. The summed E-state index contributed by atoms with van der Waals surface area (Å²) >= 11 is 0. The molecule has 0 aliphatic rings. The van der Waals surface area contributed by atoms with Gasteiger partial charge in [-0.15, -0.1) is 0 Å². The van der Waals surface area contributed by atoms with Crippen LogP contribution in [0.1, 0.15) is 12.1 Å². The maximum Gasteiger partial charge on any atom is 0.229 e. The first-order chi connectivity index (χ1) is 10.7. The third-order valence-electron chi connectivity index (χ3n) is 3.16. The summed E-state index contributed by atoms with van der Waals surface area (Å²) in [6.45, 7) is 2.22. The Hall–Kier alpha value is -2.89. The molecule has 6 heteroatoms. The lowest BCUT2D eigenvalue weighted by atomic mass is 10.3. The highest BCUT2D eigenvalue weighted by atomic mass is 16.5. The number of ether oxygens (including phenoxy) is 1. The molecular formula is C16H16N4O2. The lowest BCUT2D eigenvalue weighted by molar-refractivity contribution is -0.116. The van der Waals surface area contributed by atoms with E-state index in [1.807, 2.05) is 49.4 Å². The molecule has 2 heterocycles. The van der Waals surface area contributed by atoms with E-state index >= 15 is 0 Å². The zero-order valence-corrected chi connectivity index (χ0v) is 12.2. The fourth-order valence-corrected chi connectivity index (χ4v) is 2.07. The van der Waals surface area contributed by atoms with Gasteiger partial charge >= 0.3 is 0 Å². The summed E-state index contributed by atoms with van der Waals surface area (Å²) in [7, 11) is 0. The van der Waals surface area contributed by atoms with Gasteiger partial charge < -0.3 is 10.1 Å². The van der Waals surface area contributed by atoms with Gasteiger partial charge in [-0.2, -0.15) is 5.10 Å². The van der Waals surface area contributed by atoms with Crippen LogP contribution in [0.2, 0.25) is 0 Å². The van der Waals surface area contributed by atoms with Crippen molar-refractivity contribution in [3.8, 4) is 5.75 Å². The molecule has 0 saturated carbocycles. The van der Waals surface area contributed by atoms with Crippen molar-refractivity contribution in [2.45, 2.75) is 13.3 Å². The van der Waals surface area contributed by atoms with Crippen LogP contribution in [0.25, 0.3) is 11.0 Å². The summed E-state index contributed by atoms with van der Waals surface area (Å²) in [5.74, 6) is 1.09. The standard InChI is InChI=1S/C16H16N4O2/c1-11-7-8-13-15(17-11)19-20-16(13)18-14(21)9-10-22-12-5-3-2-4-6-12/h2-8H,9-10H2,1H3,(H2,17,18,19,20,21). The summed E-state index contributed by atoms with van der Waals surface area (Å²) in [6.07, 6.45) is 0.253. The molecule has 6 nitrogen and oxygen atoms in total. The molecule has 0 fully saturated rings. The summed E-state index contributed by atoms with van der Waals surface area (Å²) in [4.78, 5) is 16.3. The molecule has 0 spiro atoms. The van der Waals surface area contributed by atoms with E-state index in [1.165, 1.54) is 0 Å². The molecule has 0 aliphatic carbocycles. The zero-order valence-electron chi connectivity index (χ0n) is 12.2. The Balaban J connectivity index is 1.57. The normalized spacial score (nSPS) is 10.6. The highest BCUT2D eigenvalue weighted by Crippen LogP contribution is 2.19. The van der Waals surface area contributed by atoms with Gasteiger partial charge in [-0.05, 0) is 31.2 Å². The number of nitrogens with zero attached hydrogens (tertiary/aromatic N) is 2. The molecule has 1 amide bonds. The Bertz CT molecular complexity index is 783. The average Bonchev–Trinajstić information content (AvgIpc) is 2.90. The van der Waals surface area contributed by atoms with Crippen LogP contribution in [0.15, 0.2) is 42.5 Å². The fourth-order valence-electron chi connectivity index (χ4n) is 2.07. The van der Waals surface area contributed by atoms with Gasteiger partial charge in [-0.1, -0.05) is 18.2 Å². The van der Waals surface area contributed by atoms with Gasteiger partial charge in [0.1, 0.15) is 5.75 Å². The van der Waals surface area contributed by atoms with Crippen molar-refractivity contribution in [2.75, 3.05) is 11.9 Å². The second-order valence-corrected chi connectivity index (χ2v) is 4.88. The number of carbonyl (C=O) groups is 1. The van der Waals surface area contributed by atoms with Crippen LogP contribution >= 0.6 is 0 Å². The number of aryl methyl sites for hydroxylation is 1. The number of aromatic nitrogens is 3. The lowest BCUT2D eigenvalue weighted by Gasteiger charge is -2.05. The number of rotatable bonds is 5. The fraction of sp³-hybridized carbons (Fsp3) is 0.188. The SMILES string of the molecule is Cc1ccc2c(NC(=O)CCOc3ccccc3)n[nH]c2n1. The van der Waals surface area contributed by atoms with Gasteiger partial charge in [-0.25, -0.2) is 4.98 Å². The number of H-pyrrole nitrogens is 1. The van der Waals surface area contributed by atoms with Crippen LogP contribution in [-0.4, -0.2) is 27.7 Å². The van der Waals surface area contributed by atoms with Crippen molar-refractivity contribution >= 4 is 22.8 Å². The second-order valence-electron chi connectivity index (χ2n) is 4.88. The van der Waals surface area contributed by atoms with E-state index in [0.717, 1.165) is 16.8 Å². The van der Waals surface area contributed by atoms with E-state index in [0.29, 0.717) is 18.1 Å². The number of hydrogen-bond acceptors (Lipinski definition) is 4. The number of fused-ring (bicyclic) bond motifs is 1. The molecule has 3 rings (SSSR count). The molecule has 0 unspecified atom stereocenters. The van der Waals surface area contributed by atoms with Crippen LogP contribution < -0.4 is 10.1 Å². The molecule has 22 heavy (non-hydrogen) atoms. The van der Waals surface area contributed by atoms with Crippen molar-refractivity contribution in [3.05, 3.63) is 48.2 Å². The number of pyridine rings is 1. The van der Waals surface area contributed by atoms with E-state index in [4.69, 9.17) is 4.74 Å². The summed E-state index contributed by atoms with van der Waals surface area (Å²) in [5.41, 5.74) is 1.56. The topological polar surface area (TPSA) is 79.9 Å². The lowest BCUT2D eigenvalue weighted by Crippen LogP contribution is -2.15. The molecule has 112 valence electrons. The summed E-state index contributed by atoms with van der Waals surface area (Å²) < 4.78 is 5.50. The molecule has 3 aromatic rings. The third kappa shape index (κ3) is 3.22. The summed E-state index contributed by atoms with van der Waals surface area (Å²) in [5, 5.41) is 10.5.